The molecule has 0 unspecified atom stereocenters. The molecule has 1 aromatic carbocycles. The number of para-hydroxylation sites is 1. The third kappa shape index (κ3) is 4.02. The van der Waals surface area contributed by atoms with E-state index >= 15 is 0 Å². The Kier molecular flexibility index (Phi) is 4.68. The molecule has 0 amide bonds. The fourth-order valence-electron chi connectivity index (χ4n) is 1.41. The van der Waals surface area contributed by atoms with Gasteiger partial charge in [-0.05, 0) is 18.1 Å². The molecule has 0 aliphatic carbocycles. The van der Waals surface area contributed by atoms with Crippen LogP contribution in [0, 0.1) is 0 Å². The van der Waals surface area contributed by atoms with E-state index in [0.717, 1.165) is 30.6 Å². The first-order valence-corrected chi connectivity index (χ1v) is 5.27. The monoisotopic (exact) mass is 207 g/mol. The van der Waals surface area contributed by atoms with E-state index < -0.39 is 5.97 Å². The molecule has 3 nitrogen and oxygen atoms in total. The van der Waals surface area contributed by atoms with E-state index in [1.54, 1.807) is 0 Å². The molecule has 0 aliphatic heterocycles. The average molecular weight is 207 g/mol. The van der Waals surface area contributed by atoms with E-state index in [4.69, 9.17) is 5.11 Å². The van der Waals surface area contributed by atoms with E-state index in [0.29, 0.717) is 0 Å². The van der Waals surface area contributed by atoms with Crippen molar-refractivity contribution in [2.75, 3.05) is 11.9 Å². The molecular formula is C12H17NO2. The molecule has 3 heteroatoms. The van der Waals surface area contributed by atoms with Crippen LogP contribution in [0.15, 0.2) is 24.3 Å². The summed E-state index contributed by atoms with van der Waals surface area (Å²) in [6.45, 7) is 3.03. The predicted molar refractivity (Wildman–Crippen MR) is 61.2 cm³/mol. The fraction of sp³-hybridized carbons (Fsp3) is 0.417. The van der Waals surface area contributed by atoms with Crippen molar-refractivity contribution in [3.63, 3.8) is 0 Å². The molecule has 1 rings (SSSR count). The van der Waals surface area contributed by atoms with Crippen molar-refractivity contribution >= 4 is 11.7 Å². The van der Waals surface area contributed by atoms with Gasteiger partial charge in [-0.15, -0.1) is 0 Å². The Morgan fingerprint density at radius 2 is 2.13 bits per heavy atom. The summed E-state index contributed by atoms with van der Waals surface area (Å²) >= 11 is 0. The summed E-state index contributed by atoms with van der Waals surface area (Å²) in [5.74, 6) is -0.792. The van der Waals surface area contributed by atoms with Crippen molar-refractivity contribution in [1.29, 1.82) is 0 Å². The quantitative estimate of drug-likeness (QED) is 0.705. The summed E-state index contributed by atoms with van der Waals surface area (Å²) in [6, 6.07) is 7.55. The number of anilines is 1. The van der Waals surface area contributed by atoms with Gasteiger partial charge in [-0.1, -0.05) is 31.5 Å². The molecule has 0 aromatic heterocycles. The largest absolute Gasteiger partial charge is 0.481 e. The van der Waals surface area contributed by atoms with Crippen molar-refractivity contribution in [3.8, 4) is 0 Å². The van der Waals surface area contributed by atoms with Gasteiger partial charge in [0.1, 0.15) is 0 Å². The molecule has 0 atom stereocenters. The second-order valence-corrected chi connectivity index (χ2v) is 3.51. The fourth-order valence-corrected chi connectivity index (χ4v) is 1.41. The van der Waals surface area contributed by atoms with Gasteiger partial charge in [0.2, 0.25) is 0 Å². The second kappa shape index (κ2) is 6.06. The Morgan fingerprint density at radius 3 is 2.80 bits per heavy atom. The number of hydrogen-bond acceptors (Lipinski definition) is 2. The average Bonchev–Trinajstić information content (AvgIpc) is 2.20. The van der Waals surface area contributed by atoms with Gasteiger partial charge in [-0.25, -0.2) is 0 Å². The third-order valence-electron chi connectivity index (χ3n) is 2.20. The summed E-state index contributed by atoms with van der Waals surface area (Å²) < 4.78 is 0. The van der Waals surface area contributed by atoms with Gasteiger partial charge in [0.15, 0.2) is 0 Å². The number of hydrogen-bond donors (Lipinski definition) is 2. The van der Waals surface area contributed by atoms with Crippen LogP contribution in [0.3, 0.4) is 0 Å². The van der Waals surface area contributed by atoms with Gasteiger partial charge in [0.05, 0.1) is 6.42 Å². The van der Waals surface area contributed by atoms with Gasteiger partial charge >= 0.3 is 5.97 Å². The van der Waals surface area contributed by atoms with E-state index in [-0.39, 0.29) is 6.42 Å². The number of carboxylic acid groups (broad SMARTS) is 1. The summed E-state index contributed by atoms with van der Waals surface area (Å²) in [5, 5.41) is 12.0. The van der Waals surface area contributed by atoms with E-state index in [9.17, 15) is 4.79 Å². The molecule has 15 heavy (non-hydrogen) atoms. The SMILES string of the molecule is CCCCNc1ccccc1CC(=O)O. The van der Waals surface area contributed by atoms with Gasteiger partial charge in [-0.3, -0.25) is 4.79 Å². The number of carboxylic acids is 1. The first kappa shape index (κ1) is 11.6. The minimum atomic E-state index is -0.792. The zero-order chi connectivity index (χ0) is 11.1. The smallest absolute Gasteiger partial charge is 0.307 e. The van der Waals surface area contributed by atoms with Crippen LogP contribution in [0.2, 0.25) is 0 Å². The maximum absolute atomic E-state index is 10.6. The summed E-state index contributed by atoms with van der Waals surface area (Å²) in [6.07, 6.45) is 2.31. The second-order valence-electron chi connectivity index (χ2n) is 3.51. The third-order valence-corrected chi connectivity index (χ3v) is 2.20. The van der Waals surface area contributed by atoms with Crippen molar-refractivity contribution in [3.05, 3.63) is 29.8 Å². The molecule has 2 N–H and O–H groups in total. The van der Waals surface area contributed by atoms with E-state index in [1.165, 1.54) is 0 Å². The predicted octanol–water partition coefficient (Wildman–Crippen LogP) is 2.53. The first-order valence-electron chi connectivity index (χ1n) is 5.27. The molecule has 0 radical (unpaired) electrons. The Morgan fingerprint density at radius 1 is 1.40 bits per heavy atom. The lowest BCUT2D eigenvalue weighted by molar-refractivity contribution is -0.136. The van der Waals surface area contributed by atoms with Crippen molar-refractivity contribution in [2.24, 2.45) is 0 Å². The lowest BCUT2D eigenvalue weighted by atomic mass is 10.1. The molecule has 1 aromatic rings. The zero-order valence-corrected chi connectivity index (χ0v) is 8.99. The summed E-state index contributed by atoms with van der Waals surface area (Å²) in [5.41, 5.74) is 1.79. The summed E-state index contributed by atoms with van der Waals surface area (Å²) in [7, 11) is 0. The number of carbonyl (C=O) groups is 1. The Bertz CT molecular complexity index is 323. The van der Waals surface area contributed by atoms with Gasteiger partial charge in [0.25, 0.3) is 0 Å². The molecule has 0 fully saturated rings. The van der Waals surface area contributed by atoms with Crippen molar-refractivity contribution in [1.82, 2.24) is 0 Å². The number of aliphatic carboxylic acids is 1. The summed E-state index contributed by atoms with van der Waals surface area (Å²) in [4.78, 5) is 10.6. The molecule has 82 valence electrons. The molecule has 0 spiro atoms. The Labute approximate surface area is 90.1 Å². The minimum Gasteiger partial charge on any atom is -0.481 e. The van der Waals surface area contributed by atoms with Crippen LogP contribution in [0.25, 0.3) is 0 Å². The minimum absolute atomic E-state index is 0.0787. The van der Waals surface area contributed by atoms with Crippen LogP contribution < -0.4 is 5.32 Å². The molecule has 0 saturated carbocycles. The standard InChI is InChI=1S/C12H17NO2/c1-2-3-8-13-11-7-5-4-6-10(11)9-12(14)15/h4-7,13H,2-3,8-9H2,1H3,(H,14,15). The zero-order valence-electron chi connectivity index (χ0n) is 8.99. The van der Waals surface area contributed by atoms with E-state index in [2.05, 4.69) is 12.2 Å². The molecule has 0 heterocycles. The number of unbranched alkanes of at least 4 members (excludes halogenated alkanes) is 1. The maximum Gasteiger partial charge on any atom is 0.307 e. The number of nitrogens with one attached hydrogen (secondary N) is 1. The van der Waals surface area contributed by atoms with Crippen LogP contribution in [0.1, 0.15) is 25.3 Å². The lowest BCUT2D eigenvalue weighted by Crippen LogP contribution is -2.07. The molecule has 0 bridgehead atoms. The van der Waals surface area contributed by atoms with Crippen LogP contribution in [0.4, 0.5) is 5.69 Å². The van der Waals surface area contributed by atoms with E-state index in [1.807, 2.05) is 24.3 Å². The molecular weight excluding hydrogens is 190 g/mol. The van der Waals surface area contributed by atoms with Crippen molar-refractivity contribution in [2.45, 2.75) is 26.2 Å². The highest BCUT2D eigenvalue weighted by Crippen LogP contribution is 2.15. The van der Waals surface area contributed by atoms with Crippen LogP contribution in [-0.4, -0.2) is 17.6 Å². The topological polar surface area (TPSA) is 49.3 Å². The highest BCUT2D eigenvalue weighted by atomic mass is 16.4. The van der Waals surface area contributed by atoms with Crippen LogP contribution in [-0.2, 0) is 11.2 Å². The normalized spacial score (nSPS) is 9.93. The van der Waals surface area contributed by atoms with Crippen molar-refractivity contribution < 1.29 is 9.90 Å². The Balaban J connectivity index is 2.64. The highest BCUT2D eigenvalue weighted by molar-refractivity contribution is 5.73. The maximum atomic E-state index is 10.6. The first-order chi connectivity index (χ1) is 7.24. The highest BCUT2D eigenvalue weighted by Gasteiger charge is 2.04. The van der Waals surface area contributed by atoms with Gasteiger partial charge < -0.3 is 10.4 Å². The molecule has 0 saturated heterocycles. The lowest BCUT2D eigenvalue weighted by Gasteiger charge is -2.09. The van der Waals surface area contributed by atoms with Gasteiger partial charge in [0, 0.05) is 12.2 Å². The van der Waals surface area contributed by atoms with Gasteiger partial charge in [-0.2, -0.15) is 0 Å². The number of rotatable bonds is 6. The molecule has 0 aliphatic rings. The van der Waals surface area contributed by atoms with Crippen LogP contribution in [0.5, 0.6) is 0 Å². The number of benzene rings is 1. The Hall–Kier alpha value is -1.51. The van der Waals surface area contributed by atoms with Crippen LogP contribution >= 0.6 is 0 Å².